The minimum Gasteiger partial charge on any atom is -0.342 e. The van der Waals surface area contributed by atoms with E-state index in [4.69, 9.17) is 5.26 Å². The first-order chi connectivity index (χ1) is 7.74. The van der Waals surface area contributed by atoms with Crippen LogP contribution in [-0.2, 0) is 4.79 Å². The van der Waals surface area contributed by atoms with Crippen LogP contribution in [0.15, 0.2) is 30.3 Å². The summed E-state index contributed by atoms with van der Waals surface area (Å²) in [6.07, 6.45) is 0. The van der Waals surface area contributed by atoms with Gasteiger partial charge >= 0.3 is 0 Å². The Morgan fingerprint density at radius 3 is 2.75 bits per heavy atom. The van der Waals surface area contributed by atoms with Gasteiger partial charge in [-0.05, 0) is 12.5 Å². The number of hydrogen-bond donors (Lipinski definition) is 2. The number of amides is 1. The van der Waals surface area contributed by atoms with Gasteiger partial charge in [-0.3, -0.25) is 4.79 Å². The molecule has 1 aromatic rings. The van der Waals surface area contributed by atoms with Crippen LogP contribution in [0, 0.1) is 11.3 Å². The Kier molecular flexibility index (Phi) is 5.03. The zero-order valence-electron chi connectivity index (χ0n) is 9.23. The average Bonchev–Trinajstić information content (AvgIpc) is 2.34. The zero-order chi connectivity index (χ0) is 11.8. The number of nitrogens with zero attached hydrogens (tertiary/aromatic N) is 1. The molecular weight excluding hydrogens is 202 g/mol. The molecule has 0 spiro atoms. The molecule has 1 amide bonds. The number of carbonyl (C=O) groups excluding carboxylic acids is 1. The number of nitrogens with one attached hydrogen (secondary N) is 2. The summed E-state index contributed by atoms with van der Waals surface area (Å²) in [4.78, 5) is 11.2. The molecule has 2 N–H and O–H groups in total. The standard InChI is InChI=1S/C12H15N3O/c1-10(11-5-3-2-4-6-11)15-9-12(16)14-8-7-13/h2-6,10,15H,8-9H2,1H3,(H,14,16). The quantitative estimate of drug-likeness (QED) is 0.722. The highest BCUT2D eigenvalue weighted by atomic mass is 16.1. The van der Waals surface area contributed by atoms with Crippen LogP contribution in [-0.4, -0.2) is 19.0 Å². The van der Waals surface area contributed by atoms with Crippen molar-refractivity contribution in [1.82, 2.24) is 10.6 Å². The van der Waals surface area contributed by atoms with Gasteiger partial charge in [0.15, 0.2) is 0 Å². The van der Waals surface area contributed by atoms with Crippen molar-refractivity contribution in [3.05, 3.63) is 35.9 Å². The largest absolute Gasteiger partial charge is 0.342 e. The fraction of sp³-hybridized carbons (Fsp3) is 0.333. The van der Waals surface area contributed by atoms with Crippen molar-refractivity contribution in [2.75, 3.05) is 13.1 Å². The van der Waals surface area contributed by atoms with Gasteiger partial charge in [-0.2, -0.15) is 5.26 Å². The lowest BCUT2D eigenvalue weighted by atomic mass is 10.1. The number of benzene rings is 1. The molecule has 4 nitrogen and oxygen atoms in total. The normalized spacial score (nSPS) is 11.5. The van der Waals surface area contributed by atoms with Crippen LogP contribution in [0.25, 0.3) is 0 Å². The molecule has 0 aliphatic heterocycles. The molecule has 1 unspecified atom stereocenters. The molecule has 1 atom stereocenters. The second kappa shape index (κ2) is 6.59. The Hall–Kier alpha value is -1.86. The van der Waals surface area contributed by atoms with E-state index in [9.17, 15) is 4.79 Å². The van der Waals surface area contributed by atoms with E-state index in [1.165, 1.54) is 0 Å². The summed E-state index contributed by atoms with van der Waals surface area (Å²) in [5.74, 6) is -0.163. The Balaban J connectivity index is 2.33. The summed E-state index contributed by atoms with van der Waals surface area (Å²) in [7, 11) is 0. The summed E-state index contributed by atoms with van der Waals surface area (Å²) in [6.45, 7) is 2.27. The number of nitriles is 1. The first-order valence-corrected chi connectivity index (χ1v) is 5.16. The maximum atomic E-state index is 11.2. The predicted octanol–water partition coefficient (Wildman–Crippen LogP) is 0.977. The lowest BCUT2D eigenvalue weighted by Gasteiger charge is -2.13. The van der Waals surface area contributed by atoms with Gasteiger partial charge in [0.05, 0.1) is 12.6 Å². The van der Waals surface area contributed by atoms with Crippen molar-refractivity contribution in [2.24, 2.45) is 0 Å². The van der Waals surface area contributed by atoms with Crippen molar-refractivity contribution >= 4 is 5.91 Å². The topological polar surface area (TPSA) is 64.9 Å². The minimum atomic E-state index is -0.163. The molecule has 1 aromatic carbocycles. The molecule has 1 rings (SSSR count). The van der Waals surface area contributed by atoms with Crippen LogP contribution in [0.4, 0.5) is 0 Å². The first-order valence-electron chi connectivity index (χ1n) is 5.16. The highest BCUT2D eigenvalue weighted by Crippen LogP contribution is 2.10. The second-order valence-corrected chi connectivity index (χ2v) is 3.45. The molecular formula is C12H15N3O. The van der Waals surface area contributed by atoms with Gasteiger partial charge in [0.1, 0.15) is 6.54 Å². The third-order valence-corrected chi connectivity index (χ3v) is 2.23. The SMILES string of the molecule is CC(NCC(=O)NCC#N)c1ccccc1. The zero-order valence-corrected chi connectivity index (χ0v) is 9.23. The number of carbonyl (C=O) groups is 1. The van der Waals surface area contributed by atoms with Crippen molar-refractivity contribution < 1.29 is 4.79 Å². The molecule has 0 aliphatic rings. The van der Waals surface area contributed by atoms with E-state index in [2.05, 4.69) is 10.6 Å². The number of rotatable bonds is 5. The van der Waals surface area contributed by atoms with E-state index in [1.54, 1.807) is 0 Å². The van der Waals surface area contributed by atoms with Crippen molar-refractivity contribution in [1.29, 1.82) is 5.26 Å². The summed E-state index contributed by atoms with van der Waals surface area (Å²) in [6, 6.07) is 11.9. The molecule has 84 valence electrons. The summed E-state index contributed by atoms with van der Waals surface area (Å²) in [5, 5.41) is 13.8. The van der Waals surface area contributed by atoms with Gasteiger partial charge in [0.25, 0.3) is 0 Å². The van der Waals surface area contributed by atoms with E-state index >= 15 is 0 Å². The van der Waals surface area contributed by atoms with Crippen LogP contribution < -0.4 is 10.6 Å². The highest BCUT2D eigenvalue weighted by molar-refractivity contribution is 5.78. The van der Waals surface area contributed by atoms with Gasteiger partial charge < -0.3 is 10.6 Å². The van der Waals surface area contributed by atoms with E-state index in [1.807, 2.05) is 43.3 Å². The van der Waals surface area contributed by atoms with E-state index in [-0.39, 0.29) is 25.0 Å². The van der Waals surface area contributed by atoms with E-state index in [0.717, 1.165) is 5.56 Å². The fourth-order valence-corrected chi connectivity index (χ4v) is 1.31. The monoisotopic (exact) mass is 217 g/mol. The van der Waals surface area contributed by atoms with Gasteiger partial charge in [-0.1, -0.05) is 30.3 Å². The lowest BCUT2D eigenvalue weighted by Crippen LogP contribution is -2.35. The van der Waals surface area contributed by atoms with Crippen LogP contribution in [0.2, 0.25) is 0 Å². The fourth-order valence-electron chi connectivity index (χ4n) is 1.31. The third-order valence-electron chi connectivity index (χ3n) is 2.23. The molecule has 0 radical (unpaired) electrons. The van der Waals surface area contributed by atoms with Gasteiger partial charge in [-0.15, -0.1) is 0 Å². The molecule has 0 aromatic heterocycles. The van der Waals surface area contributed by atoms with Crippen LogP contribution >= 0.6 is 0 Å². The van der Waals surface area contributed by atoms with Crippen LogP contribution in [0.3, 0.4) is 0 Å². The first kappa shape index (κ1) is 12.2. The molecule has 0 fully saturated rings. The van der Waals surface area contributed by atoms with Gasteiger partial charge in [0, 0.05) is 6.04 Å². The molecule has 0 bridgehead atoms. The van der Waals surface area contributed by atoms with Gasteiger partial charge in [-0.25, -0.2) is 0 Å². The Morgan fingerprint density at radius 1 is 1.44 bits per heavy atom. The molecule has 0 saturated heterocycles. The molecule has 0 aliphatic carbocycles. The lowest BCUT2D eigenvalue weighted by molar-refractivity contribution is -0.120. The van der Waals surface area contributed by atoms with Crippen LogP contribution in [0.5, 0.6) is 0 Å². The summed E-state index contributed by atoms with van der Waals surface area (Å²) >= 11 is 0. The van der Waals surface area contributed by atoms with E-state index in [0.29, 0.717) is 0 Å². The maximum absolute atomic E-state index is 11.2. The maximum Gasteiger partial charge on any atom is 0.234 e. The van der Waals surface area contributed by atoms with E-state index < -0.39 is 0 Å². The smallest absolute Gasteiger partial charge is 0.234 e. The Bertz CT molecular complexity index is 370. The minimum absolute atomic E-state index is 0.0558. The predicted molar refractivity (Wildman–Crippen MR) is 61.5 cm³/mol. The summed E-state index contributed by atoms with van der Waals surface area (Å²) < 4.78 is 0. The Labute approximate surface area is 95.3 Å². The second-order valence-electron chi connectivity index (χ2n) is 3.45. The highest BCUT2D eigenvalue weighted by Gasteiger charge is 2.06. The van der Waals surface area contributed by atoms with Crippen LogP contribution in [0.1, 0.15) is 18.5 Å². The van der Waals surface area contributed by atoms with Gasteiger partial charge in [0.2, 0.25) is 5.91 Å². The van der Waals surface area contributed by atoms with Crippen molar-refractivity contribution in [3.63, 3.8) is 0 Å². The molecule has 16 heavy (non-hydrogen) atoms. The Morgan fingerprint density at radius 2 is 2.12 bits per heavy atom. The third kappa shape index (κ3) is 4.11. The molecule has 4 heteroatoms. The average molecular weight is 217 g/mol. The summed E-state index contributed by atoms with van der Waals surface area (Å²) in [5.41, 5.74) is 1.13. The number of hydrogen-bond acceptors (Lipinski definition) is 3. The van der Waals surface area contributed by atoms with Crippen molar-refractivity contribution in [3.8, 4) is 6.07 Å². The molecule has 0 saturated carbocycles. The molecule has 0 heterocycles. The van der Waals surface area contributed by atoms with Crippen molar-refractivity contribution in [2.45, 2.75) is 13.0 Å².